The van der Waals surface area contributed by atoms with E-state index in [0.717, 1.165) is 30.7 Å². The monoisotopic (exact) mass is 640 g/mol. The second kappa shape index (κ2) is 16.0. The van der Waals surface area contributed by atoms with Gasteiger partial charge in [-0.3, -0.25) is 9.59 Å². The Morgan fingerprint density at radius 1 is 0.727 bits per heavy atom. The van der Waals surface area contributed by atoms with Crippen molar-refractivity contribution in [2.45, 2.75) is 70.4 Å². The van der Waals surface area contributed by atoms with E-state index in [1.165, 1.54) is 46.9 Å². The Labute approximate surface area is 262 Å². The predicted octanol–water partition coefficient (Wildman–Crippen LogP) is 5.88. The Bertz CT molecular complexity index is 1560. The molecule has 44 heavy (non-hydrogen) atoms. The summed E-state index contributed by atoms with van der Waals surface area (Å²) in [4.78, 5) is 33.3. The topological polar surface area (TPSA) is 185 Å². The lowest BCUT2D eigenvalue weighted by Gasteiger charge is -2.12. The van der Waals surface area contributed by atoms with Crippen molar-refractivity contribution in [2.75, 3.05) is 5.32 Å². The second-order valence-electron chi connectivity index (χ2n) is 10.4. The molecule has 13 heteroatoms. The third kappa shape index (κ3) is 9.93. The highest BCUT2D eigenvalue weighted by Crippen LogP contribution is 2.34. The number of thiazole rings is 2. The van der Waals surface area contributed by atoms with Crippen LogP contribution in [0.5, 0.6) is 23.0 Å². The summed E-state index contributed by atoms with van der Waals surface area (Å²) in [5, 5.41) is 59.3. The molecular weight excluding hydrogens is 604 g/mol. The molecule has 4 rings (SSSR count). The summed E-state index contributed by atoms with van der Waals surface area (Å²) in [6.45, 7) is 0. The maximum atomic E-state index is 12.3. The van der Waals surface area contributed by atoms with Crippen LogP contribution in [-0.4, -0.2) is 53.5 Å². The number of benzene rings is 2. The molecule has 234 valence electrons. The highest BCUT2D eigenvalue weighted by Gasteiger charge is 2.13. The summed E-state index contributed by atoms with van der Waals surface area (Å²) in [7, 11) is 0. The van der Waals surface area contributed by atoms with Gasteiger partial charge in [0.15, 0.2) is 5.13 Å². The smallest absolute Gasteiger partial charge is 0.226 e. The fourth-order valence-corrected chi connectivity index (χ4v) is 6.10. The number of nitrogens with one attached hydrogen (secondary N) is 2. The molecule has 0 spiro atoms. The lowest BCUT2D eigenvalue weighted by atomic mass is 10.1. The van der Waals surface area contributed by atoms with Gasteiger partial charge in [-0.2, -0.15) is 0 Å². The van der Waals surface area contributed by atoms with Gasteiger partial charge in [0.1, 0.15) is 29.2 Å². The lowest BCUT2D eigenvalue weighted by molar-refractivity contribution is -0.124. The zero-order valence-corrected chi connectivity index (χ0v) is 25.7. The predicted molar refractivity (Wildman–Crippen MR) is 170 cm³/mol. The quantitative estimate of drug-likeness (QED) is 0.0580. The third-order valence-corrected chi connectivity index (χ3v) is 8.49. The Morgan fingerprint density at radius 3 is 2.00 bits per heavy atom. The van der Waals surface area contributed by atoms with Crippen molar-refractivity contribution in [3.8, 4) is 45.5 Å². The van der Waals surface area contributed by atoms with Crippen molar-refractivity contribution in [1.29, 1.82) is 0 Å². The van der Waals surface area contributed by atoms with Gasteiger partial charge in [-0.05, 0) is 62.8 Å². The molecule has 2 amide bonds. The van der Waals surface area contributed by atoms with Crippen LogP contribution in [0.2, 0.25) is 0 Å². The van der Waals surface area contributed by atoms with Crippen LogP contribution in [0.1, 0.15) is 62.8 Å². The van der Waals surface area contributed by atoms with E-state index in [4.69, 9.17) is 0 Å². The molecule has 0 bridgehead atoms. The number of anilines is 1. The van der Waals surface area contributed by atoms with Crippen molar-refractivity contribution in [2.24, 2.45) is 0 Å². The number of hydrogen-bond donors (Lipinski definition) is 7. The maximum absolute atomic E-state index is 12.3. The number of aliphatic hydroxyl groups excluding tert-OH is 1. The standard InChI is InChI=1S/C31H36N4O7S2/c36-19-11-13-21(25(38)15-19)23-17-43-30(32-23)10-4-2-1-3-7-27(40)34-28(41)8-5-6-9-29(42)35-31-33-24(18-44-31)22-14-12-20(37)16-26(22)39/h11-18,28,36-39,41H,1-10H2,(H,34,40)(H,33,35,42). The highest BCUT2D eigenvalue weighted by atomic mass is 32.1. The van der Waals surface area contributed by atoms with Crippen LogP contribution in [0, 0.1) is 0 Å². The first-order valence-electron chi connectivity index (χ1n) is 14.4. The van der Waals surface area contributed by atoms with E-state index in [-0.39, 0.29) is 41.2 Å². The van der Waals surface area contributed by atoms with Gasteiger partial charge in [-0.1, -0.05) is 12.8 Å². The van der Waals surface area contributed by atoms with E-state index in [0.29, 0.717) is 59.8 Å². The normalized spacial score (nSPS) is 11.8. The molecule has 0 aliphatic rings. The number of hydrogen-bond acceptors (Lipinski definition) is 11. The molecule has 0 radical (unpaired) electrons. The third-order valence-electron chi connectivity index (χ3n) is 6.82. The van der Waals surface area contributed by atoms with E-state index < -0.39 is 6.23 Å². The number of phenolic OH excluding ortho intramolecular Hbond substituents is 4. The van der Waals surface area contributed by atoms with Gasteiger partial charge in [0.2, 0.25) is 11.8 Å². The number of rotatable bonds is 16. The van der Waals surface area contributed by atoms with Crippen LogP contribution >= 0.6 is 22.7 Å². The van der Waals surface area contributed by atoms with Crippen molar-refractivity contribution in [3.63, 3.8) is 0 Å². The van der Waals surface area contributed by atoms with Gasteiger partial charge in [0.05, 0.1) is 16.4 Å². The van der Waals surface area contributed by atoms with Gasteiger partial charge in [-0.15, -0.1) is 22.7 Å². The molecule has 2 heterocycles. The van der Waals surface area contributed by atoms with Gasteiger partial charge in [-0.25, -0.2) is 9.97 Å². The molecule has 2 aromatic carbocycles. The highest BCUT2D eigenvalue weighted by molar-refractivity contribution is 7.14. The summed E-state index contributed by atoms with van der Waals surface area (Å²) >= 11 is 2.75. The van der Waals surface area contributed by atoms with Crippen LogP contribution < -0.4 is 10.6 Å². The number of aromatic hydroxyl groups is 4. The fourth-order valence-electron chi connectivity index (χ4n) is 4.53. The first-order valence-corrected chi connectivity index (χ1v) is 16.2. The van der Waals surface area contributed by atoms with Crippen LogP contribution in [0.15, 0.2) is 47.2 Å². The molecular formula is C31H36N4O7S2. The number of amides is 2. The molecule has 0 aliphatic heterocycles. The molecule has 4 aromatic rings. The fraction of sp³-hybridized carbons (Fsp3) is 0.355. The van der Waals surface area contributed by atoms with Crippen LogP contribution in [-0.2, 0) is 16.0 Å². The Hall–Kier alpha value is -4.20. The molecule has 0 aliphatic carbocycles. The summed E-state index contributed by atoms with van der Waals surface area (Å²) in [6.07, 6.45) is 5.32. The molecule has 0 saturated heterocycles. The van der Waals surface area contributed by atoms with Gasteiger partial charge in [0, 0.05) is 46.9 Å². The minimum Gasteiger partial charge on any atom is -0.508 e. The summed E-state index contributed by atoms with van der Waals surface area (Å²) < 4.78 is 0. The zero-order chi connectivity index (χ0) is 31.5. The van der Waals surface area contributed by atoms with E-state index in [9.17, 15) is 35.1 Å². The van der Waals surface area contributed by atoms with Crippen LogP contribution in [0.25, 0.3) is 22.5 Å². The number of phenols is 4. The number of nitrogens with zero attached hydrogens (tertiary/aromatic N) is 2. The van der Waals surface area contributed by atoms with Crippen molar-refractivity contribution < 1.29 is 35.1 Å². The number of aromatic nitrogens is 2. The van der Waals surface area contributed by atoms with Crippen molar-refractivity contribution in [1.82, 2.24) is 15.3 Å². The van der Waals surface area contributed by atoms with Crippen LogP contribution in [0.3, 0.4) is 0 Å². The molecule has 11 nitrogen and oxygen atoms in total. The number of aliphatic hydroxyl groups is 1. The molecule has 1 unspecified atom stereocenters. The second-order valence-corrected chi connectivity index (χ2v) is 12.2. The zero-order valence-electron chi connectivity index (χ0n) is 24.0. The minimum atomic E-state index is -0.961. The van der Waals surface area contributed by atoms with E-state index in [1.807, 2.05) is 5.38 Å². The number of aryl methyl sites for hydroxylation is 1. The molecule has 2 aromatic heterocycles. The van der Waals surface area contributed by atoms with Crippen molar-refractivity contribution in [3.05, 3.63) is 52.2 Å². The average Bonchev–Trinajstić information content (AvgIpc) is 3.63. The first kappa shape index (κ1) is 32.7. The SMILES string of the molecule is O=C(CCCCC(O)NC(=O)CCCCCCc1nc(-c2ccc(O)cc2O)cs1)Nc1nc(-c2ccc(O)cc2O)cs1. The van der Waals surface area contributed by atoms with E-state index in [2.05, 4.69) is 20.6 Å². The largest absolute Gasteiger partial charge is 0.508 e. The Balaban J connectivity index is 1.03. The Kier molecular flexibility index (Phi) is 11.9. The molecule has 0 fully saturated rings. The van der Waals surface area contributed by atoms with Crippen molar-refractivity contribution >= 4 is 39.6 Å². The first-order chi connectivity index (χ1) is 21.2. The van der Waals surface area contributed by atoms with E-state index >= 15 is 0 Å². The van der Waals surface area contributed by atoms with Crippen LogP contribution in [0.4, 0.5) is 5.13 Å². The average molecular weight is 641 g/mol. The number of unbranched alkanes of at least 4 members (excludes halogenated alkanes) is 4. The summed E-state index contributed by atoms with van der Waals surface area (Å²) in [5.41, 5.74) is 2.20. The Morgan fingerprint density at radius 2 is 1.32 bits per heavy atom. The lowest BCUT2D eigenvalue weighted by Crippen LogP contribution is -2.34. The molecule has 7 N–H and O–H groups in total. The summed E-state index contributed by atoms with van der Waals surface area (Å²) in [5.74, 6) is -0.581. The van der Waals surface area contributed by atoms with Gasteiger partial charge in [0.25, 0.3) is 0 Å². The number of carbonyl (C=O) groups excluding carboxylic acids is 2. The molecule has 1 atom stereocenters. The summed E-state index contributed by atoms with van der Waals surface area (Å²) in [6, 6.07) is 8.67. The van der Waals surface area contributed by atoms with Gasteiger partial charge >= 0.3 is 0 Å². The van der Waals surface area contributed by atoms with E-state index in [1.54, 1.807) is 17.5 Å². The molecule has 0 saturated carbocycles. The minimum absolute atomic E-state index is 0.00229. The van der Waals surface area contributed by atoms with Gasteiger partial charge < -0.3 is 36.2 Å². The number of carbonyl (C=O) groups is 2. The maximum Gasteiger partial charge on any atom is 0.226 e.